The van der Waals surface area contributed by atoms with Crippen LogP contribution in [0.15, 0.2) is 97.1 Å². The molecule has 1 atom stereocenters. The highest BCUT2D eigenvalue weighted by atomic mass is 32.2. The molecule has 0 aliphatic carbocycles. The number of nitrogens with two attached hydrogens (primary N) is 1. The van der Waals surface area contributed by atoms with Gasteiger partial charge in [0, 0.05) is 31.6 Å². The Morgan fingerprint density at radius 2 is 1.41 bits per heavy atom. The van der Waals surface area contributed by atoms with Crippen molar-refractivity contribution in [3.63, 3.8) is 0 Å². The first kappa shape index (κ1) is 36.5. The molecule has 0 fully saturated rings. The van der Waals surface area contributed by atoms with E-state index in [1.165, 1.54) is 0 Å². The van der Waals surface area contributed by atoms with Gasteiger partial charge in [-0.1, -0.05) is 60.7 Å². The van der Waals surface area contributed by atoms with Crippen molar-refractivity contribution in [2.75, 3.05) is 15.9 Å². The van der Waals surface area contributed by atoms with Crippen LogP contribution >= 0.6 is 0 Å². The number of rotatable bonds is 18. The van der Waals surface area contributed by atoms with Crippen LogP contribution in [0.4, 0.5) is 11.4 Å². The number of carboxylic acid groups (broad SMARTS) is 1. The number of aryl methyl sites for hydroxylation is 1. The third kappa shape index (κ3) is 12.0. The number of nitrogens with zero attached hydrogens (tertiary/aromatic N) is 1. The van der Waals surface area contributed by atoms with E-state index in [1.807, 2.05) is 85.8 Å². The number of carbonyl (C=O) groups is 3. The van der Waals surface area contributed by atoms with E-state index in [2.05, 4.69) is 27.1 Å². The monoisotopic (exact) mass is 686 g/mol. The fourth-order valence-corrected chi connectivity index (χ4v) is 5.93. The number of carboxylic acids is 1. The number of aliphatic carboxylic acids is 1. The topological polar surface area (TPSA) is 168 Å². The predicted octanol–water partition coefficient (Wildman–Crippen LogP) is 5.52. The van der Waals surface area contributed by atoms with Gasteiger partial charge in [0.25, 0.3) is 0 Å². The van der Waals surface area contributed by atoms with Crippen molar-refractivity contribution in [2.24, 2.45) is 5.73 Å². The molecule has 0 heterocycles. The number of benzene rings is 4. The molecule has 0 aliphatic rings. The summed E-state index contributed by atoms with van der Waals surface area (Å²) < 4.78 is 32.6. The zero-order valence-corrected chi connectivity index (χ0v) is 28.4. The Bertz CT molecular complexity index is 1830. The molecule has 49 heavy (non-hydrogen) atoms. The molecule has 0 unspecified atom stereocenters. The van der Waals surface area contributed by atoms with Gasteiger partial charge >= 0.3 is 5.97 Å². The van der Waals surface area contributed by atoms with Crippen LogP contribution in [0, 0.1) is 6.92 Å². The first-order valence-corrected chi connectivity index (χ1v) is 17.8. The predicted molar refractivity (Wildman–Crippen MR) is 190 cm³/mol. The lowest BCUT2D eigenvalue weighted by atomic mass is 10.1. The highest BCUT2D eigenvalue weighted by Gasteiger charge is 2.20. The van der Waals surface area contributed by atoms with E-state index in [-0.39, 0.29) is 19.3 Å². The van der Waals surface area contributed by atoms with Crippen molar-refractivity contribution in [1.82, 2.24) is 5.32 Å². The fraction of sp³-hybridized carbons (Fsp3) is 0.270. The Balaban J connectivity index is 1.35. The zero-order chi connectivity index (χ0) is 35.4. The van der Waals surface area contributed by atoms with Crippen molar-refractivity contribution in [2.45, 2.75) is 58.2 Å². The lowest BCUT2D eigenvalue weighted by Crippen LogP contribution is -2.41. The third-order valence-electron chi connectivity index (χ3n) is 7.80. The molecule has 4 aromatic carbocycles. The second-order valence-corrected chi connectivity index (χ2v) is 13.6. The molecule has 0 aromatic heterocycles. The number of hydrogen-bond donors (Lipinski definition) is 4. The summed E-state index contributed by atoms with van der Waals surface area (Å²) in [6, 6.07) is 29.9. The molecule has 0 saturated heterocycles. The number of primary amides is 1. The van der Waals surface area contributed by atoms with Crippen molar-refractivity contribution < 1.29 is 32.6 Å². The molecule has 12 heteroatoms. The molecule has 5 N–H and O–H groups in total. The van der Waals surface area contributed by atoms with Crippen LogP contribution in [0.3, 0.4) is 0 Å². The van der Waals surface area contributed by atoms with Crippen LogP contribution < -0.4 is 25.4 Å². The summed E-state index contributed by atoms with van der Waals surface area (Å²) in [5.74, 6) is -0.886. The lowest BCUT2D eigenvalue weighted by molar-refractivity contribution is -0.142. The number of amides is 2. The molecular weight excluding hydrogens is 644 g/mol. The maximum absolute atomic E-state index is 12.2. The molecule has 4 rings (SSSR count). The molecular formula is C37H42N4O7S. The van der Waals surface area contributed by atoms with Crippen LogP contribution in [-0.4, -0.2) is 43.6 Å². The van der Waals surface area contributed by atoms with Gasteiger partial charge in [-0.25, -0.2) is 13.2 Å². The minimum absolute atomic E-state index is 0.0473. The average molecular weight is 687 g/mol. The summed E-state index contributed by atoms with van der Waals surface area (Å²) in [4.78, 5) is 36.7. The van der Waals surface area contributed by atoms with Gasteiger partial charge < -0.3 is 25.8 Å². The number of anilines is 2. The molecule has 4 aromatic rings. The average Bonchev–Trinajstić information content (AvgIpc) is 3.05. The minimum Gasteiger partial charge on any atom is -0.480 e. The van der Waals surface area contributed by atoms with E-state index in [9.17, 15) is 27.9 Å². The van der Waals surface area contributed by atoms with Gasteiger partial charge in [-0.2, -0.15) is 0 Å². The van der Waals surface area contributed by atoms with Crippen LogP contribution in [0.2, 0.25) is 0 Å². The maximum Gasteiger partial charge on any atom is 0.326 e. The van der Waals surface area contributed by atoms with E-state index >= 15 is 0 Å². The van der Waals surface area contributed by atoms with E-state index in [1.54, 1.807) is 6.07 Å². The Morgan fingerprint density at radius 1 is 0.816 bits per heavy atom. The van der Waals surface area contributed by atoms with Crippen molar-refractivity contribution >= 4 is 39.2 Å². The number of carbonyl (C=O) groups excluding carboxylic acids is 2. The second kappa shape index (κ2) is 17.2. The van der Waals surface area contributed by atoms with Gasteiger partial charge in [-0.15, -0.1) is 0 Å². The van der Waals surface area contributed by atoms with E-state index in [0.717, 1.165) is 34.2 Å². The minimum atomic E-state index is -3.43. The molecule has 11 nitrogen and oxygen atoms in total. The molecule has 0 saturated carbocycles. The molecule has 2 amide bonds. The Labute approximate surface area is 287 Å². The largest absolute Gasteiger partial charge is 0.480 e. The third-order valence-corrected chi connectivity index (χ3v) is 8.39. The molecule has 0 bridgehead atoms. The standard InChI is InChI=1S/C37H42N4O7S/c1-26-32(40-49(2,46)47)11-7-12-34(26)41(24-28-8-4-3-5-9-28)25-29-16-20-31(21-17-29)48-30-18-14-27(15-19-30)10-6-13-36(43)39-33(37(44)45)22-23-35(38)42/h3-5,7-9,11-12,14-21,33,40H,6,10,13,22-25H2,1-2H3,(H2,38,42)(H,39,43)(H,44,45)/t33-/m0/s1. The summed E-state index contributed by atoms with van der Waals surface area (Å²) in [6.45, 7) is 3.11. The van der Waals surface area contributed by atoms with Gasteiger partial charge in [0.1, 0.15) is 17.5 Å². The molecule has 0 radical (unpaired) electrons. The molecule has 0 aliphatic heterocycles. The van der Waals surface area contributed by atoms with Gasteiger partial charge in [0.05, 0.1) is 11.9 Å². The van der Waals surface area contributed by atoms with E-state index in [4.69, 9.17) is 10.5 Å². The quantitative estimate of drug-likeness (QED) is 0.106. The Hall–Kier alpha value is -5.36. The first-order valence-electron chi connectivity index (χ1n) is 15.9. The lowest BCUT2D eigenvalue weighted by Gasteiger charge is -2.28. The van der Waals surface area contributed by atoms with Crippen molar-refractivity contribution in [1.29, 1.82) is 0 Å². The smallest absolute Gasteiger partial charge is 0.326 e. The van der Waals surface area contributed by atoms with Crippen LogP contribution in [0.25, 0.3) is 0 Å². The number of ether oxygens (including phenoxy) is 1. The van der Waals surface area contributed by atoms with Gasteiger partial charge in [-0.05, 0) is 84.8 Å². The Kier molecular flexibility index (Phi) is 12.8. The summed E-state index contributed by atoms with van der Waals surface area (Å²) in [5, 5.41) is 11.7. The Morgan fingerprint density at radius 3 is 1.98 bits per heavy atom. The van der Waals surface area contributed by atoms with Gasteiger partial charge in [0.15, 0.2) is 0 Å². The molecule has 0 spiro atoms. The SMILES string of the molecule is Cc1c(NS(C)(=O)=O)cccc1N(Cc1ccccc1)Cc1ccc(Oc2ccc(CCCC(=O)N[C@@H](CCC(N)=O)C(=O)O)cc2)cc1. The number of nitrogens with one attached hydrogen (secondary N) is 2. The highest BCUT2D eigenvalue weighted by molar-refractivity contribution is 7.92. The van der Waals surface area contributed by atoms with Crippen LogP contribution in [0.5, 0.6) is 11.5 Å². The summed E-state index contributed by atoms with van der Waals surface area (Å²) in [6.07, 6.45) is 2.27. The highest BCUT2D eigenvalue weighted by Crippen LogP contribution is 2.31. The van der Waals surface area contributed by atoms with Gasteiger partial charge in [-0.3, -0.25) is 14.3 Å². The van der Waals surface area contributed by atoms with Crippen molar-refractivity contribution in [3.05, 3.63) is 119 Å². The molecule has 258 valence electrons. The van der Waals surface area contributed by atoms with E-state index < -0.39 is 33.8 Å². The summed E-state index contributed by atoms with van der Waals surface area (Å²) >= 11 is 0. The van der Waals surface area contributed by atoms with Crippen LogP contribution in [-0.2, 0) is 43.9 Å². The summed E-state index contributed by atoms with van der Waals surface area (Å²) in [5.41, 5.74) is 10.6. The zero-order valence-electron chi connectivity index (χ0n) is 27.6. The van der Waals surface area contributed by atoms with Crippen LogP contribution in [0.1, 0.15) is 47.9 Å². The van der Waals surface area contributed by atoms with Crippen molar-refractivity contribution in [3.8, 4) is 11.5 Å². The normalized spacial score (nSPS) is 11.7. The van der Waals surface area contributed by atoms with E-state index in [0.29, 0.717) is 43.1 Å². The maximum atomic E-state index is 12.2. The second-order valence-electron chi connectivity index (χ2n) is 11.9. The number of sulfonamides is 1. The first-order chi connectivity index (χ1) is 23.4. The summed E-state index contributed by atoms with van der Waals surface area (Å²) in [7, 11) is -3.43. The fourth-order valence-electron chi connectivity index (χ4n) is 5.31. The van der Waals surface area contributed by atoms with Gasteiger partial charge in [0.2, 0.25) is 21.8 Å². The number of hydrogen-bond acceptors (Lipinski definition) is 7.